The molecule has 0 saturated carbocycles. The minimum absolute atomic E-state index is 0.284. The molecule has 0 aliphatic heterocycles. The van der Waals surface area contributed by atoms with Crippen molar-refractivity contribution in [2.24, 2.45) is 0 Å². The molecule has 4 heteroatoms. The summed E-state index contributed by atoms with van der Waals surface area (Å²) in [5.41, 5.74) is 1.12. The molecular weight excluding hydrogens is 246 g/mol. The summed E-state index contributed by atoms with van der Waals surface area (Å²) in [5.74, 6) is -1.69. The van der Waals surface area contributed by atoms with Gasteiger partial charge in [-0.15, -0.1) is 0 Å². The van der Waals surface area contributed by atoms with Gasteiger partial charge >= 0.3 is 0 Å². The van der Waals surface area contributed by atoms with E-state index in [2.05, 4.69) is 0 Å². The van der Waals surface area contributed by atoms with E-state index in [1.165, 1.54) is 0 Å². The molecule has 0 bridgehead atoms. The molecule has 0 unspecified atom stereocenters. The van der Waals surface area contributed by atoms with Gasteiger partial charge in [0.25, 0.3) is 0 Å². The highest BCUT2D eigenvalue weighted by molar-refractivity contribution is 6.31. The summed E-state index contributed by atoms with van der Waals surface area (Å²) < 4.78 is 26.6. The van der Waals surface area contributed by atoms with Crippen LogP contribution >= 0.6 is 11.6 Å². The minimum atomic E-state index is -0.845. The average Bonchev–Trinajstić information content (AvgIpc) is 2.35. The normalized spacial score (nSPS) is 10.3. The van der Waals surface area contributed by atoms with Crippen molar-refractivity contribution in [3.05, 3.63) is 58.6 Å². The van der Waals surface area contributed by atoms with Crippen LogP contribution in [0.2, 0.25) is 5.02 Å². The van der Waals surface area contributed by atoms with E-state index in [0.717, 1.165) is 12.1 Å². The van der Waals surface area contributed by atoms with Crippen molar-refractivity contribution in [1.82, 2.24) is 0 Å². The molecule has 1 nitrogen and oxygen atoms in total. The molecule has 0 amide bonds. The van der Waals surface area contributed by atoms with E-state index in [-0.39, 0.29) is 5.56 Å². The highest BCUT2D eigenvalue weighted by atomic mass is 35.5. The van der Waals surface area contributed by atoms with Gasteiger partial charge in [-0.25, -0.2) is 8.78 Å². The van der Waals surface area contributed by atoms with Crippen LogP contribution in [-0.2, 0) is 0 Å². The van der Waals surface area contributed by atoms with Crippen LogP contribution in [0.5, 0.6) is 0 Å². The van der Waals surface area contributed by atoms with Crippen molar-refractivity contribution in [1.29, 1.82) is 0 Å². The summed E-state index contributed by atoms with van der Waals surface area (Å²) in [4.78, 5) is 10.8. The molecule has 0 atom stereocenters. The minimum Gasteiger partial charge on any atom is -0.298 e. The first-order valence-electron chi connectivity index (χ1n) is 4.82. The van der Waals surface area contributed by atoms with Crippen molar-refractivity contribution in [2.45, 2.75) is 0 Å². The zero-order chi connectivity index (χ0) is 12.4. The molecule has 0 fully saturated rings. The summed E-state index contributed by atoms with van der Waals surface area (Å²) in [6, 6.07) is 8.77. The lowest BCUT2D eigenvalue weighted by atomic mass is 10.0. The molecule has 0 radical (unpaired) electrons. The lowest BCUT2D eigenvalue weighted by molar-refractivity contribution is 0.112. The lowest BCUT2D eigenvalue weighted by Crippen LogP contribution is -1.91. The first kappa shape index (κ1) is 11.7. The number of rotatable bonds is 2. The topological polar surface area (TPSA) is 17.1 Å². The second-order valence-corrected chi connectivity index (χ2v) is 3.84. The SMILES string of the molecule is O=Cc1ccccc1-c1cc(F)c(Cl)c(F)c1. The number of halogens is 3. The third-order valence-corrected chi connectivity index (χ3v) is 2.74. The van der Waals surface area contributed by atoms with E-state index in [1.807, 2.05) is 0 Å². The van der Waals surface area contributed by atoms with Crippen LogP contribution in [-0.4, -0.2) is 6.29 Å². The Kier molecular flexibility index (Phi) is 3.20. The van der Waals surface area contributed by atoms with Crippen molar-refractivity contribution >= 4 is 17.9 Å². The van der Waals surface area contributed by atoms with Gasteiger partial charge in [0.1, 0.15) is 16.7 Å². The van der Waals surface area contributed by atoms with Gasteiger partial charge in [-0.1, -0.05) is 35.9 Å². The predicted octanol–water partition coefficient (Wildman–Crippen LogP) is 4.10. The lowest BCUT2D eigenvalue weighted by Gasteiger charge is -2.06. The first-order valence-corrected chi connectivity index (χ1v) is 5.20. The molecular formula is C13H7ClF2O. The maximum absolute atomic E-state index is 13.3. The third kappa shape index (κ3) is 2.19. The van der Waals surface area contributed by atoms with Crippen LogP contribution in [0.3, 0.4) is 0 Å². The van der Waals surface area contributed by atoms with Crippen molar-refractivity contribution in [3.8, 4) is 11.1 Å². The van der Waals surface area contributed by atoms with Crippen LogP contribution in [0.25, 0.3) is 11.1 Å². The molecule has 0 saturated heterocycles. The Hall–Kier alpha value is -1.74. The van der Waals surface area contributed by atoms with E-state index < -0.39 is 16.7 Å². The molecule has 2 aromatic rings. The third-order valence-electron chi connectivity index (χ3n) is 2.38. The highest BCUT2D eigenvalue weighted by Crippen LogP contribution is 2.28. The molecule has 2 rings (SSSR count). The van der Waals surface area contributed by atoms with Crippen LogP contribution < -0.4 is 0 Å². The molecule has 0 aromatic heterocycles. The Bertz CT molecular complexity index is 558. The van der Waals surface area contributed by atoms with E-state index in [4.69, 9.17) is 11.6 Å². The number of benzene rings is 2. The second kappa shape index (κ2) is 4.63. The summed E-state index contributed by atoms with van der Waals surface area (Å²) in [5, 5.41) is -0.544. The molecule has 0 heterocycles. The van der Waals surface area contributed by atoms with Crippen LogP contribution in [0.4, 0.5) is 8.78 Å². The molecule has 17 heavy (non-hydrogen) atoms. The highest BCUT2D eigenvalue weighted by Gasteiger charge is 2.11. The van der Waals surface area contributed by atoms with Crippen LogP contribution in [0.1, 0.15) is 10.4 Å². The quantitative estimate of drug-likeness (QED) is 0.581. The van der Waals surface area contributed by atoms with E-state index in [9.17, 15) is 13.6 Å². The van der Waals surface area contributed by atoms with Gasteiger partial charge in [-0.05, 0) is 23.3 Å². The van der Waals surface area contributed by atoms with Gasteiger partial charge in [-0.2, -0.15) is 0 Å². The monoisotopic (exact) mass is 252 g/mol. The van der Waals surface area contributed by atoms with Crippen LogP contribution in [0, 0.1) is 11.6 Å². The summed E-state index contributed by atoms with van der Waals surface area (Å²) >= 11 is 5.39. The number of hydrogen-bond acceptors (Lipinski definition) is 1. The fourth-order valence-corrected chi connectivity index (χ4v) is 1.68. The number of hydrogen-bond donors (Lipinski definition) is 0. The zero-order valence-corrected chi connectivity index (χ0v) is 9.34. The standard InChI is InChI=1S/C13H7ClF2O/c14-13-11(15)5-9(6-12(13)16)10-4-2-1-3-8(10)7-17/h1-7H. The van der Waals surface area contributed by atoms with Gasteiger partial charge in [0.15, 0.2) is 6.29 Å². The Labute approximate surface area is 102 Å². The van der Waals surface area contributed by atoms with E-state index >= 15 is 0 Å². The Morgan fingerprint density at radius 1 is 1.06 bits per heavy atom. The summed E-state index contributed by atoms with van der Waals surface area (Å²) in [6.07, 6.45) is 0.639. The Morgan fingerprint density at radius 2 is 1.65 bits per heavy atom. The molecule has 0 N–H and O–H groups in total. The Balaban J connectivity index is 2.65. The Morgan fingerprint density at radius 3 is 2.24 bits per heavy atom. The number of carbonyl (C=O) groups is 1. The van der Waals surface area contributed by atoms with Gasteiger partial charge in [0, 0.05) is 5.56 Å². The molecule has 0 spiro atoms. The maximum atomic E-state index is 13.3. The number of carbonyl (C=O) groups excluding carboxylic acids is 1. The fourth-order valence-electron chi connectivity index (χ4n) is 1.57. The summed E-state index contributed by atoms with van der Waals surface area (Å²) in [6.45, 7) is 0. The van der Waals surface area contributed by atoms with Gasteiger partial charge in [-0.3, -0.25) is 4.79 Å². The average molecular weight is 253 g/mol. The smallest absolute Gasteiger partial charge is 0.150 e. The van der Waals surface area contributed by atoms with Gasteiger partial charge < -0.3 is 0 Å². The van der Waals surface area contributed by atoms with Crippen LogP contribution in [0.15, 0.2) is 36.4 Å². The largest absolute Gasteiger partial charge is 0.298 e. The summed E-state index contributed by atoms with van der Waals surface area (Å²) in [7, 11) is 0. The molecule has 0 aliphatic carbocycles. The molecule has 0 aliphatic rings. The fraction of sp³-hybridized carbons (Fsp3) is 0. The van der Waals surface area contributed by atoms with Gasteiger partial charge in [0.2, 0.25) is 0 Å². The van der Waals surface area contributed by atoms with E-state index in [1.54, 1.807) is 24.3 Å². The zero-order valence-electron chi connectivity index (χ0n) is 8.58. The van der Waals surface area contributed by atoms with Gasteiger partial charge in [0.05, 0.1) is 0 Å². The molecule has 2 aromatic carbocycles. The molecule has 86 valence electrons. The van der Waals surface area contributed by atoms with E-state index in [0.29, 0.717) is 17.4 Å². The first-order chi connectivity index (χ1) is 8.13. The second-order valence-electron chi connectivity index (χ2n) is 3.46. The van der Waals surface area contributed by atoms with Crippen molar-refractivity contribution < 1.29 is 13.6 Å². The predicted molar refractivity (Wildman–Crippen MR) is 62.2 cm³/mol. The number of aldehydes is 1. The van der Waals surface area contributed by atoms with Crippen molar-refractivity contribution in [3.63, 3.8) is 0 Å². The van der Waals surface area contributed by atoms with Crippen molar-refractivity contribution in [2.75, 3.05) is 0 Å². The maximum Gasteiger partial charge on any atom is 0.150 e.